The summed E-state index contributed by atoms with van der Waals surface area (Å²) in [4.78, 5) is 31.3. The average Bonchev–Trinajstić information content (AvgIpc) is 2.72. The lowest BCUT2D eigenvalue weighted by Crippen LogP contribution is -2.40. The summed E-state index contributed by atoms with van der Waals surface area (Å²) in [5.41, 5.74) is 1.85. The van der Waals surface area contributed by atoms with E-state index in [1.54, 1.807) is 12.4 Å². The molecule has 2 amide bonds. The van der Waals surface area contributed by atoms with E-state index in [0.29, 0.717) is 24.4 Å². The van der Waals surface area contributed by atoms with Crippen molar-refractivity contribution < 1.29 is 9.59 Å². The summed E-state index contributed by atoms with van der Waals surface area (Å²) < 4.78 is 0. The van der Waals surface area contributed by atoms with Crippen molar-refractivity contribution in [2.75, 3.05) is 13.1 Å². The van der Waals surface area contributed by atoms with E-state index in [1.165, 1.54) is 25.0 Å². The number of allylic oxidation sites excluding steroid dienone is 2. The van der Waals surface area contributed by atoms with Gasteiger partial charge in [-0.25, -0.2) is 0 Å². The molecule has 5 nitrogen and oxygen atoms in total. The van der Waals surface area contributed by atoms with Gasteiger partial charge in [-0.1, -0.05) is 18.2 Å². The van der Waals surface area contributed by atoms with Crippen LogP contribution < -0.4 is 5.32 Å². The van der Waals surface area contributed by atoms with Gasteiger partial charge in [-0.2, -0.15) is 0 Å². The lowest BCUT2D eigenvalue weighted by Gasteiger charge is -2.38. The summed E-state index contributed by atoms with van der Waals surface area (Å²) in [6, 6.07) is 7.45. The normalized spacial score (nSPS) is 19.3. The minimum atomic E-state index is -0.145. The molecule has 1 atom stereocenters. The maximum Gasteiger partial charge on any atom is 0.251 e. The van der Waals surface area contributed by atoms with E-state index in [0.717, 1.165) is 30.2 Å². The van der Waals surface area contributed by atoms with Gasteiger partial charge >= 0.3 is 0 Å². The number of fused-ring (bicyclic) bond motifs is 2. The van der Waals surface area contributed by atoms with Crippen LogP contribution >= 0.6 is 0 Å². The summed E-state index contributed by atoms with van der Waals surface area (Å²) in [5.74, 6) is 0.526. The largest absolute Gasteiger partial charge is 0.352 e. The number of pyridine rings is 1. The standard InChI is InChI=1S/C22H25N3O2/c26-21(25-14-4-7-16-5-1-2-9-20(16)25)11-13-24-22(27)19-8-3-6-17-15-23-12-10-18(17)19/h3,6,8-10,12,15-16H,1-2,4-5,7,11,13-14H2,(H,24,27). The molecular weight excluding hydrogens is 338 g/mol. The third kappa shape index (κ3) is 3.72. The number of nitrogens with one attached hydrogen (secondary N) is 1. The third-order valence-corrected chi connectivity index (χ3v) is 5.63. The first-order chi connectivity index (χ1) is 13.2. The molecule has 0 saturated carbocycles. The van der Waals surface area contributed by atoms with Crippen molar-refractivity contribution in [2.45, 2.75) is 38.5 Å². The Labute approximate surface area is 159 Å². The predicted octanol–water partition coefficient (Wildman–Crippen LogP) is 3.66. The second-order valence-electron chi connectivity index (χ2n) is 7.35. The van der Waals surface area contributed by atoms with Crippen molar-refractivity contribution >= 4 is 22.6 Å². The van der Waals surface area contributed by atoms with E-state index in [2.05, 4.69) is 16.4 Å². The maximum atomic E-state index is 12.7. The third-order valence-electron chi connectivity index (χ3n) is 5.63. The molecule has 0 bridgehead atoms. The molecule has 0 spiro atoms. The molecule has 2 heterocycles. The van der Waals surface area contributed by atoms with E-state index in [1.807, 2.05) is 29.2 Å². The molecule has 1 saturated heterocycles. The maximum absolute atomic E-state index is 12.7. The van der Waals surface area contributed by atoms with Gasteiger partial charge in [0.15, 0.2) is 0 Å². The highest BCUT2D eigenvalue weighted by molar-refractivity contribution is 6.06. The van der Waals surface area contributed by atoms with Crippen molar-refractivity contribution in [3.05, 3.63) is 54.0 Å². The summed E-state index contributed by atoms with van der Waals surface area (Å²) in [7, 11) is 0. The molecule has 0 radical (unpaired) electrons. The SMILES string of the molecule is O=C(NCCC(=O)N1CCCC2CCCC=C21)c1cccc2cnccc12. The molecule has 1 aromatic heterocycles. The van der Waals surface area contributed by atoms with E-state index in [-0.39, 0.29) is 11.8 Å². The number of hydrogen-bond donors (Lipinski definition) is 1. The quantitative estimate of drug-likeness (QED) is 0.902. The molecule has 1 fully saturated rings. The van der Waals surface area contributed by atoms with Crippen LogP contribution in [0.15, 0.2) is 48.4 Å². The Balaban J connectivity index is 1.37. The number of amides is 2. The van der Waals surface area contributed by atoms with Crippen molar-refractivity contribution in [2.24, 2.45) is 5.92 Å². The van der Waals surface area contributed by atoms with Crippen LogP contribution in [0.25, 0.3) is 10.8 Å². The highest BCUT2D eigenvalue weighted by Gasteiger charge is 2.29. The van der Waals surface area contributed by atoms with E-state index in [4.69, 9.17) is 0 Å². The molecule has 2 aromatic rings. The molecule has 2 aliphatic rings. The van der Waals surface area contributed by atoms with Gasteiger partial charge in [0.25, 0.3) is 5.91 Å². The van der Waals surface area contributed by atoms with Gasteiger partial charge in [0, 0.05) is 48.6 Å². The Kier molecular flexibility index (Phi) is 5.19. The summed E-state index contributed by atoms with van der Waals surface area (Å²) in [6.45, 7) is 1.17. The molecule has 5 heteroatoms. The van der Waals surface area contributed by atoms with E-state index < -0.39 is 0 Å². The summed E-state index contributed by atoms with van der Waals surface area (Å²) in [5, 5.41) is 4.72. The first kappa shape index (κ1) is 17.7. The van der Waals surface area contributed by atoms with E-state index in [9.17, 15) is 9.59 Å². The topological polar surface area (TPSA) is 62.3 Å². The average molecular weight is 363 g/mol. The van der Waals surface area contributed by atoms with Gasteiger partial charge in [-0.05, 0) is 55.5 Å². The van der Waals surface area contributed by atoms with Gasteiger partial charge in [-0.15, -0.1) is 0 Å². The van der Waals surface area contributed by atoms with Gasteiger partial charge in [-0.3, -0.25) is 14.6 Å². The van der Waals surface area contributed by atoms with Crippen LogP contribution in [-0.4, -0.2) is 34.8 Å². The molecule has 4 rings (SSSR count). The molecular formula is C22H25N3O2. The highest BCUT2D eigenvalue weighted by Crippen LogP contribution is 2.35. The molecule has 1 aliphatic carbocycles. The van der Waals surface area contributed by atoms with Crippen LogP contribution in [0.4, 0.5) is 0 Å². The fourth-order valence-electron chi connectivity index (χ4n) is 4.28. The number of hydrogen-bond acceptors (Lipinski definition) is 3. The first-order valence-electron chi connectivity index (χ1n) is 9.85. The predicted molar refractivity (Wildman–Crippen MR) is 105 cm³/mol. The minimum Gasteiger partial charge on any atom is -0.352 e. The number of carbonyl (C=O) groups is 2. The number of piperidine rings is 1. The molecule has 1 N–H and O–H groups in total. The van der Waals surface area contributed by atoms with Gasteiger partial charge in [0.2, 0.25) is 5.91 Å². The Morgan fingerprint density at radius 2 is 2.07 bits per heavy atom. The summed E-state index contributed by atoms with van der Waals surface area (Å²) >= 11 is 0. The first-order valence-corrected chi connectivity index (χ1v) is 9.85. The van der Waals surface area contributed by atoms with Crippen molar-refractivity contribution in [1.82, 2.24) is 15.2 Å². The minimum absolute atomic E-state index is 0.121. The van der Waals surface area contributed by atoms with Crippen LogP contribution in [0.5, 0.6) is 0 Å². The fraction of sp³-hybridized carbons (Fsp3) is 0.409. The Morgan fingerprint density at radius 1 is 1.19 bits per heavy atom. The second-order valence-corrected chi connectivity index (χ2v) is 7.35. The van der Waals surface area contributed by atoms with E-state index >= 15 is 0 Å². The van der Waals surface area contributed by atoms with Crippen LogP contribution in [0, 0.1) is 5.92 Å². The lowest BCUT2D eigenvalue weighted by atomic mass is 9.85. The number of nitrogens with zero attached hydrogens (tertiary/aromatic N) is 2. The number of likely N-dealkylation sites (tertiary alicyclic amines) is 1. The van der Waals surface area contributed by atoms with Crippen LogP contribution in [0.2, 0.25) is 0 Å². The van der Waals surface area contributed by atoms with Crippen LogP contribution in [0.3, 0.4) is 0 Å². The number of benzene rings is 1. The zero-order valence-electron chi connectivity index (χ0n) is 15.5. The molecule has 1 unspecified atom stereocenters. The Hall–Kier alpha value is -2.69. The fourth-order valence-corrected chi connectivity index (χ4v) is 4.28. The zero-order valence-corrected chi connectivity index (χ0v) is 15.5. The van der Waals surface area contributed by atoms with Crippen LogP contribution in [-0.2, 0) is 4.79 Å². The van der Waals surface area contributed by atoms with Crippen molar-refractivity contribution in [3.63, 3.8) is 0 Å². The summed E-state index contributed by atoms with van der Waals surface area (Å²) in [6.07, 6.45) is 11.8. The Morgan fingerprint density at radius 3 is 3.00 bits per heavy atom. The lowest BCUT2D eigenvalue weighted by molar-refractivity contribution is -0.130. The smallest absolute Gasteiger partial charge is 0.251 e. The zero-order chi connectivity index (χ0) is 18.6. The van der Waals surface area contributed by atoms with Crippen LogP contribution in [0.1, 0.15) is 48.9 Å². The monoisotopic (exact) mass is 363 g/mol. The second kappa shape index (κ2) is 7.91. The Bertz CT molecular complexity index is 885. The molecule has 1 aliphatic heterocycles. The van der Waals surface area contributed by atoms with Crippen molar-refractivity contribution in [3.8, 4) is 0 Å². The number of rotatable bonds is 4. The van der Waals surface area contributed by atoms with Gasteiger partial charge in [0.1, 0.15) is 0 Å². The van der Waals surface area contributed by atoms with Gasteiger partial charge in [0.05, 0.1) is 0 Å². The van der Waals surface area contributed by atoms with Gasteiger partial charge < -0.3 is 10.2 Å². The number of aromatic nitrogens is 1. The molecule has 27 heavy (non-hydrogen) atoms. The molecule has 140 valence electrons. The molecule has 1 aromatic carbocycles. The van der Waals surface area contributed by atoms with Crippen molar-refractivity contribution in [1.29, 1.82) is 0 Å². The number of carbonyl (C=O) groups excluding carboxylic acids is 2. The highest BCUT2D eigenvalue weighted by atomic mass is 16.2.